The first kappa shape index (κ1) is 15.3. The molecule has 0 amide bonds. The molecule has 0 atom stereocenters. The Morgan fingerprint density at radius 1 is 1.21 bits per heavy atom. The molecule has 3 N–H and O–H groups in total. The van der Waals surface area contributed by atoms with Crippen LogP contribution in [0.5, 0.6) is 5.75 Å². The number of carboxylic acids is 1. The van der Waals surface area contributed by atoms with Gasteiger partial charge in [0.25, 0.3) is 0 Å². The molecule has 1 aromatic carbocycles. The highest BCUT2D eigenvalue weighted by molar-refractivity contribution is 5.96. The molecular weight excluding hydrogens is 242 g/mol. The normalized spacial score (nSPS) is 10.4. The Balaban J connectivity index is 2.37. The van der Waals surface area contributed by atoms with Crippen LogP contribution in [0.15, 0.2) is 18.2 Å². The van der Waals surface area contributed by atoms with Gasteiger partial charge in [-0.25, -0.2) is 4.79 Å². The minimum Gasteiger partial charge on any atom is -0.493 e. The lowest BCUT2D eigenvalue weighted by Crippen LogP contribution is -2.07. The second kappa shape index (κ2) is 8.40. The maximum Gasteiger partial charge on any atom is 0.341 e. The van der Waals surface area contributed by atoms with Gasteiger partial charge in [-0.2, -0.15) is 0 Å². The Morgan fingerprint density at radius 2 is 1.89 bits per heavy atom. The minimum atomic E-state index is -1.05. The van der Waals surface area contributed by atoms with Crippen LogP contribution in [0.1, 0.15) is 55.8 Å². The van der Waals surface area contributed by atoms with E-state index in [0.717, 1.165) is 12.8 Å². The third kappa shape index (κ3) is 5.20. The van der Waals surface area contributed by atoms with Gasteiger partial charge in [-0.15, -0.1) is 0 Å². The average molecular weight is 265 g/mol. The number of anilines is 1. The summed E-state index contributed by atoms with van der Waals surface area (Å²) >= 11 is 0. The first-order valence-corrected chi connectivity index (χ1v) is 6.91. The van der Waals surface area contributed by atoms with Crippen molar-refractivity contribution in [1.29, 1.82) is 0 Å². The van der Waals surface area contributed by atoms with Crippen LogP contribution >= 0.6 is 0 Å². The number of unbranched alkanes of at least 4 members (excludes halogenated alkanes) is 5. The monoisotopic (exact) mass is 265 g/mol. The van der Waals surface area contributed by atoms with Crippen molar-refractivity contribution in [2.24, 2.45) is 0 Å². The molecule has 0 aliphatic heterocycles. The Morgan fingerprint density at radius 3 is 2.58 bits per heavy atom. The van der Waals surface area contributed by atoms with Crippen LogP contribution in [0.3, 0.4) is 0 Å². The molecule has 19 heavy (non-hydrogen) atoms. The van der Waals surface area contributed by atoms with E-state index in [1.165, 1.54) is 25.7 Å². The second-order valence-corrected chi connectivity index (χ2v) is 4.64. The summed E-state index contributed by atoms with van der Waals surface area (Å²) in [5.74, 6) is -0.683. The van der Waals surface area contributed by atoms with Gasteiger partial charge in [0.15, 0.2) is 0 Å². The van der Waals surface area contributed by atoms with Crippen molar-refractivity contribution >= 4 is 11.7 Å². The lowest BCUT2D eigenvalue weighted by atomic mass is 10.1. The number of hydrogen-bond donors (Lipinski definition) is 2. The Bertz CT molecular complexity index is 404. The van der Waals surface area contributed by atoms with Gasteiger partial charge >= 0.3 is 5.97 Å². The van der Waals surface area contributed by atoms with Crippen molar-refractivity contribution < 1.29 is 14.6 Å². The lowest BCUT2D eigenvalue weighted by Gasteiger charge is -2.10. The first-order valence-electron chi connectivity index (χ1n) is 6.91. The minimum absolute atomic E-state index is 0.0634. The summed E-state index contributed by atoms with van der Waals surface area (Å²) in [6.45, 7) is 2.73. The van der Waals surface area contributed by atoms with Crippen molar-refractivity contribution in [1.82, 2.24) is 0 Å². The van der Waals surface area contributed by atoms with Crippen molar-refractivity contribution in [3.05, 3.63) is 23.8 Å². The van der Waals surface area contributed by atoms with Crippen molar-refractivity contribution in [2.75, 3.05) is 12.3 Å². The van der Waals surface area contributed by atoms with E-state index in [9.17, 15) is 4.79 Å². The van der Waals surface area contributed by atoms with Crippen molar-refractivity contribution in [2.45, 2.75) is 45.4 Å². The van der Waals surface area contributed by atoms with Crippen LogP contribution in [0.4, 0.5) is 5.69 Å². The summed E-state index contributed by atoms with van der Waals surface area (Å²) in [5, 5.41) is 9.09. The summed E-state index contributed by atoms with van der Waals surface area (Å²) in [4.78, 5) is 11.1. The van der Waals surface area contributed by atoms with E-state index in [4.69, 9.17) is 15.6 Å². The summed E-state index contributed by atoms with van der Waals surface area (Å²) in [6, 6.07) is 4.93. The SMILES string of the molecule is CCCCCCCCOc1cccc(N)c1C(=O)O. The number of ether oxygens (including phenoxy) is 1. The number of rotatable bonds is 9. The van der Waals surface area contributed by atoms with Crippen molar-refractivity contribution in [3.63, 3.8) is 0 Å². The van der Waals surface area contributed by atoms with Crippen LogP contribution in [0, 0.1) is 0 Å². The zero-order chi connectivity index (χ0) is 14.1. The van der Waals surface area contributed by atoms with Crippen LogP contribution in [-0.2, 0) is 0 Å². The highest BCUT2D eigenvalue weighted by Gasteiger charge is 2.14. The molecule has 0 radical (unpaired) electrons. The molecule has 0 bridgehead atoms. The molecule has 0 fully saturated rings. The van der Waals surface area contributed by atoms with E-state index in [1.807, 2.05) is 0 Å². The van der Waals surface area contributed by atoms with Gasteiger partial charge in [0.1, 0.15) is 11.3 Å². The number of benzene rings is 1. The predicted octanol–water partition coefficient (Wildman–Crippen LogP) is 3.71. The standard InChI is InChI=1S/C15H23NO3/c1-2-3-4-5-6-7-11-19-13-10-8-9-12(16)14(13)15(17)18/h8-10H,2-7,11,16H2,1H3,(H,17,18). The van der Waals surface area contributed by atoms with E-state index in [0.29, 0.717) is 12.4 Å². The van der Waals surface area contributed by atoms with E-state index < -0.39 is 5.97 Å². The fraction of sp³-hybridized carbons (Fsp3) is 0.533. The highest BCUT2D eigenvalue weighted by atomic mass is 16.5. The number of carbonyl (C=O) groups is 1. The van der Waals surface area contributed by atoms with Crippen LogP contribution in [-0.4, -0.2) is 17.7 Å². The summed E-state index contributed by atoms with van der Waals surface area (Å²) in [6.07, 6.45) is 7.04. The molecule has 0 aromatic heterocycles. The first-order chi connectivity index (χ1) is 9.16. The number of nitrogens with two attached hydrogens (primary N) is 1. The van der Waals surface area contributed by atoms with Gasteiger partial charge in [0.2, 0.25) is 0 Å². The highest BCUT2D eigenvalue weighted by Crippen LogP contribution is 2.24. The molecule has 0 saturated heterocycles. The molecule has 106 valence electrons. The zero-order valence-electron chi connectivity index (χ0n) is 11.5. The largest absolute Gasteiger partial charge is 0.493 e. The molecule has 1 rings (SSSR count). The third-order valence-corrected chi connectivity index (χ3v) is 3.03. The van der Waals surface area contributed by atoms with Crippen LogP contribution in [0.2, 0.25) is 0 Å². The fourth-order valence-corrected chi connectivity index (χ4v) is 1.96. The number of nitrogen functional groups attached to an aromatic ring is 1. The fourth-order valence-electron chi connectivity index (χ4n) is 1.96. The number of aromatic carboxylic acids is 1. The summed E-state index contributed by atoms with van der Waals surface area (Å²) < 4.78 is 5.52. The van der Waals surface area contributed by atoms with E-state index in [2.05, 4.69) is 6.92 Å². The second-order valence-electron chi connectivity index (χ2n) is 4.64. The topological polar surface area (TPSA) is 72.5 Å². The molecule has 1 aromatic rings. The van der Waals surface area contributed by atoms with Crippen LogP contribution in [0.25, 0.3) is 0 Å². The zero-order valence-corrected chi connectivity index (χ0v) is 11.5. The van der Waals surface area contributed by atoms with Gasteiger partial charge < -0.3 is 15.6 Å². The van der Waals surface area contributed by atoms with Crippen LogP contribution < -0.4 is 10.5 Å². The molecule has 0 spiro atoms. The summed E-state index contributed by atoms with van der Waals surface area (Å²) in [7, 11) is 0. The molecule has 0 unspecified atom stereocenters. The van der Waals surface area contributed by atoms with E-state index in [1.54, 1.807) is 18.2 Å². The maximum atomic E-state index is 11.1. The average Bonchev–Trinajstić information content (AvgIpc) is 2.37. The quantitative estimate of drug-likeness (QED) is 0.527. The Hall–Kier alpha value is -1.71. The number of carboxylic acid groups (broad SMARTS) is 1. The lowest BCUT2D eigenvalue weighted by molar-refractivity contribution is 0.0693. The van der Waals surface area contributed by atoms with Gasteiger partial charge in [-0.3, -0.25) is 0 Å². The molecule has 4 nitrogen and oxygen atoms in total. The van der Waals surface area contributed by atoms with Gasteiger partial charge in [-0.1, -0.05) is 45.1 Å². The molecular formula is C15H23NO3. The Kier molecular flexibility index (Phi) is 6.79. The Labute approximate surface area is 114 Å². The third-order valence-electron chi connectivity index (χ3n) is 3.03. The smallest absolute Gasteiger partial charge is 0.341 e. The van der Waals surface area contributed by atoms with Gasteiger partial charge in [0, 0.05) is 5.69 Å². The summed E-state index contributed by atoms with van der Waals surface area (Å²) in [5.41, 5.74) is 5.95. The molecule has 0 aliphatic carbocycles. The number of hydrogen-bond acceptors (Lipinski definition) is 3. The predicted molar refractivity (Wildman–Crippen MR) is 76.7 cm³/mol. The van der Waals surface area contributed by atoms with E-state index >= 15 is 0 Å². The molecule has 0 saturated carbocycles. The van der Waals surface area contributed by atoms with Gasteiger partial charge in [-0.05, 0) is 18.6 Å². The maximum absolute atomic E-state index is 11.1. The van der Waals surface area contributed by atoms with Crippen molar-refractivity contribution in [3.8, 4) is 5.75 Å². The molecule has 4 heteroatoms. The van der Waals surface area contributed by atoms with Gasteiger partial charge in [0.05, 0.1) is 6.61 Å². The van der Waals surface area contributed by atoms with E-state index in [-0.39, 0.29) is 11.3 Å². The molecule has 0 aliphatic rings. The molecule has 0 heterocycles.